The lowest BCUT2D eigenvalue weighted by molar-refractivity contribution is -0.139. The Bertz CT molecular complexity index is 1520. The maximum Gasteiger partial charge on any atom is 0.317 e. The van der Waals surface area contributed by atoms with Gasteiger partial charge in [0.1, 0.15) is 5.69 Å². The quantitative estimate of drug-likeness (QED) is 0.148. The Labute approximate surface area is 268 Å². The number of nitrogens with zero attached hydrogens (tertiary/aromatic N) is 9. The number of aliphatic carboxylic acids is 2. The van der Waals surface area contributed by atoms with Crippen molar-refractivity contribution >= 4 is 11.9 Å². The second-order valence-corrected chi connectivity index (χ2v) is 11.0. The van der Waals surface area contributed by atoms with Crippen LogP contribution in [0, 0.1) is 11.8 Å². The maximum atomic E-state index is 11.8. The summed E-state index contributed by atoms with van der Waals surface area (Å²) in [5.41, 5.74) is 12.5. The standard InChI is InChI=1S/C33H39N9O4/c34-38-35-22-29-9-5-11-31(37-29)24-40-16-20-41(25-32(43)44)18-14-39(15-19-42(21-17-40)26-33(45)46)23-30-10-4-8-28(36-30)13-12-27-6-2-1-3-7-27/h1-11H,14-26H2,(H,43,44)(H,45,46). The van der Waals surface area contributed by atoms with Gasteiger partial charge in [-0.05, 0) is 47.8 Å². The first kappa shape index (κ1) is 34.1. The molecule has 2 N–H and O–H groups in total. The van der Waals surface area contributed by atoms with E-state index in [4.69, 9.17) is 10.5 Å². The lowest BCUT2D eigenvalue weighted by Gasteiger charge is -2.33. The van der Waals surface area contributed by atoms with E-state index in [1.807, 2.05) is 70.5 Å². The van der Waals surface area contributed by atoms with Gasteiger partial charge in [-0.2, -0.15) is 0 Å². The van der Waals surface area contributed by atoms with Gasteiger partial charge in [-0.3, -0.25) is 34.2 Å². The Morgan fingerprint density at radius 3 is 1.72 bits per heavy atom. The van der Waals surface area contributed by atoms with Crippen molar-refractivity contribution in [1.82, 2.24) is 29.6 Å². The molecule has 1 saturated heterocycles. The minimum absolute atomic E-state index is 0.0878. The molecular weight excluding hydrogens is 586 g/mol. The zero-order valence-electron chi connectivity index (χ0n) is 25.8. The Morgan fingerprint density at radius 1 is 0.674 bits per heavy atom. The Kier molecular flexibility index (Phi) is 13.5. The highest BCUT2D eigenvalue weighted by Crippen LogP contribution is 2.10. The maximum absolute atomic E-state index is 11.8. The molecular formula is C33H39N9O4. The highest BCUT2D eigenvalue weighted by molar-refractivity contribution is 5.69. The molecule has 240 valence electrons. The molecule has 1 fully saturated rings. The number of carboxylic acid groups (broad SMARTS) is 2. The molecule has 1 aromatic carbocycles. The van der Waals surface area contributed by atoms with Gasteiger partial charge in [0.05, 0.1) is 31.0 Å². The molecule has 3 aromatic rings. The third-order valence-corrected chi connectivity index (χ3v) is 7.49. The SMILES string of the molecule is [N-]=[N+]=NCc1cccc(CN2CCN(CC(=O)O)CCN(Cc3cccc(C#Cc4ccccc4)n3)CCN(CC(=O)O)CC2)n1. The van der Waals surface area contributed by atoms with Crippen LogP contribution in [0.5, 0.6) is 0 Å². The van der Waals surface area contributed by atoms with Crippen molar-refractivity contribution in [3.05, 3.63) is 106 Å². The largest absolute Gasteiger partial charge is 0.480 e. The Hall–Kier alpha value is -4.83. The second-order valence-electron chi connectivity index (χ2n) is 11.0. The number of carboxylic acids is 2. The van der Waals surface area contributed by atoms with Crippen LogP contribution in [0.15, 0.2) is 71.8 Å². The van der Waals surface area contributed by atoms with Crippen molar-refractivity contribution in [3.8, 4) is 11.8 Å². The van der Waals surface area contributed by atoms with Crippen LogP contribution in [-0.2, 0) is 29.2 Å². The van der Waals surface area contributed by atoms with Gasteiger partial charge in [-0.25, -0.2) is 4.98 Å². The van der Waals surface area contributed by atoms with Crippen molar-refractivity contribution in [1.29, 1.82) is 0 Å². The summed E-state index contributed by atoms with van der Waals surface area (Å²) < 4.78 is 0. The van der Waals surface area contributed by atoms with Crippen molar-refractivity contribution in [2.75, 3.05) is 65.4 Å². The van der Waals surface area contributed by atoms with Crippen LogP contribution >= 0.6 is 0 Å². The summed E-state index contributed by atoms with van der Waals surface area (Å²) in [7, 11) is 0. The summed E-state index contributed by atoms with van der Waals surface area (Å²) in [5.74, 6) is 4.49. The zero-order valence-corrected chi connectivity index (χ0v) is 25.8. The lowest BCUT2D eigenvalue weighted by Crippen LogP contribution is -2.47. The first-order valence-corrected chi connectivity index (χ1v) is 15.2. The van der Waals surface area contributed by atoms with Crippen LogP contribution in [0.25, 0.3) is 10.4 Å². The molecule has 0 spiro atoms. The van der Waals surface area contributed by atoms with Crippen molar-refractivity contribution in [2.24, 2.45) is 5.11 Å². The summed E-state index contributed by atoms with van der Waals surface area (Å²) in [4.78, 5) is 43.9. The summed E-state index contributed by atoms with van der Waals surface area (Å²) >= 11 is 0. The highest BCUT2D eigenvalue weighted by atomic mass is 16.4. The van der Waals surface area contributed by atoms with E-state index in [0.717, 1.165) is 17.0 Å². The monoisotopic (exact) mass is 625 g/mol. The average Bonchev–Trinajstić information content (AvgIpc) is 3.04. The Balaban J connectivity index is 1.49. The lowest BCUT2D eigenvalue weighted by atomic mass is 10.2. The van der Waals surface area contributed by atoms with Gasteiger partial charge in [0, 0.05) is 81.6 Å². The van der Waals surface area contributed by atoms with E-state index in [2.05, 4.69) is 36.7 Å². The van der Waals surface area contributed by atoms with Gasteiger partial charge in [-0.1, -0.05) is 41.4 Å². The fourth-order valence-electron chi connectivity index (χ4n) is 5.16. The molecule has 1 aliphatic rings. The topological polar surface area (TPSA) is 162 Å². The molecule has 0 amide bonds. The molecule has 13 heteroatoms. The summed E-state index contributed by atoms with van der Waals surface area (Å²) in [6.07, 6.45) is 0. The number of pyridine rings is 2. The molecule has 2 aromatic heterocycles. The van der Waals surface area contributed by atoms with Gasteiger partial charge in [0.15, 0.2) is 0 Å². The van der Waals surface area contributed by atoms with Crippen molar-refractivity contribution in [3.63, 3.8) is 0 Å². The van der Waals surface area contributed by atoms with E-state index in [1.165, 1.54) is 0 Å². The van der Waals surface area contributed by atoms with E-state index in [0.29, 0.717) is 76.8 Å². The number of hydrogen-bond acceptors (Lipinski definition) is 9. The molecule has 0 saturated carbocycles. The van der Waals surface area contributed by atoms with Gasteiger partial charge in [0.2, 0.25) is 0 Å². The van der Waals surface area contributed by atoms with E-state index in [9.17, 15) is 19.8 Å². The predicted octanol–water partition coefficient (Wildman–Crippen LogP) is 2.78. The first-order valence-electron chi connectivity index (χ1n) is 15.2. The van der Waals surface area contributed by atoms with Crippen LogP contribution in [0.2, 0.25) is 0 Å². The normalized spacial score (nSPS) is 15.8. The molecule has 3 heterocycles. The third kappa shape index (κ3) is 12.3. The molecule has 0 atom stereocenters. The number of carbonyl (C=O) groups is 2. The number of hydrogen-bond donors (Lipinski definition) is 2. The molecule has 13 nitrogen and oxygen atoms in total. The zero-order chi connectivity index (χ0) is 32.6. The van der Waals surface area contributed by atoms with Gasteiger partial charge in [0.25, 0.3) is 0 Å². The molecule has 4 rings (SSSR count). The smallest absolute Gasteiger partial charge is 0.317 e. The van der Waals surface area contributed by atoms with Gasteiger partial charge >= 0.3 is 11.9 Å². The average molecular weight is 626 g/mol. The first-order chi connectivity index (χ1) is 22.4. The van der Waals surface area contributed by atoms with Crippen LogP contribution in [-0.4, -0.2) is 117 Å². The predicted molar refractivity (Wildman–Crippen MR) is 172 cm³/mol. The van der Waals surface area contributed by atoms with Crippen molar-refractivity contribution in [2.45, 2.75) is 19.6 Å². The number of azide groups is 1. The molecule has 46 heavy (non-hydrogen) atoms. The molecule has 0 aliphatic carbocycles. The van der Waals surface area contributed by atoms with Crippen LogP contribution in [0.1, 0.15) is 28.3 Å². The molecule has 0 radical (unpaired) electrons. The van der Waals surface area contributed by atoms with Crippen molar-refractivity contribution < 1.29 is 19.8 Å². The summed E-state index contributed by atoms with van der Waals surface area (Å²) in [5, 5.41) is 22.9. The van der Waals surface area contributed by atoms with Crippen LogP contribution in [0.3, 0.4) is 0 Å². The highest BCUT2D eigenvalue weighted by Gasteiger charge is 2.20. The van der Waals surface area contributed by atoms with Gasteiger partial charge in [-0.15, -0.1) is 0 Å². The number of aromatic nitrogens is 2. The van der Waals surface area contributed by atoms with E-state index >= 15 is 0 Å². The summed E-state index contributed by atoms with van der Waals surface area (Å²) in [6.45, 7) is 5.36. The summed E-state index contributed by atoms with van der Waals surface area (Å²) in [6, 6.07) is 21.0. The molecule has 0 unspecified atom stereocenters. The Morgan fingerprint density at radius 2 is 1.17 bits per heavy atom. The van der Waals surface area contributed by atoms with E-state index < -0.39 is 11.9 Å². The fraction of sp³-hybridized carbons (Fsp3) is 0.394. The molecule has 0 bridgehead atoms. The minimum Gasteiger partial charge on any atom is -0.480 e. The van der Waals surface area contributed by atoms with Crippen LogP contribution < -0.4 is 0 Å². The minimum atomic E-state index is -0.892. The fourth-order valence-corrected chi connectivity index (χ4v) is 5.16. The second kappa shape index (κ2) is 18.2. The number of benzene rings is 1. The number of rotatable bonds is 10. The van der Waals surface area contributed by atoms with E-state index in [-0.39, 0.29) is 19.6 Å². The third-order valence-electron chi connectivity index (χ3n) is 7.49. The van der Waals surface area contributed by atoms with Crippen LogP contribution in [0.4, 0.5) is 0 Å². The molecule has 1 aliphatic heterocycles. The van der Waals surface area contributed by atoms with E-state index in [1.54, 1.807) is 6.07 Å². The van der Waals surface area contributed by atoms with Gasteiger partial charge < -0.3 is 10.2 Å².